The van der Waals surface area contributed by atoms with Crippen molar-refractivity contribution in [1.82, 2.24) is 9.55 Å². The first-order valence-electron chi connectivity index (χ1n) is 12.9. The summed E-state index contributed by atoms with van der Waals surface area (Å²) in [6, 6.07) is 20.5. The molecule has 2 aromatic heterocycles. The van der Waals surface area contributed by atoms with Gasteiger partial charge in [-0.15, -0.1) is 0 Å². The monoisotopic (exact) mass is 511 g/mol. The molecule has 3 aromatic carbocycles. The standard InChI is InChI=1S/C31H33N3O4/c1-3-35-12-11-23-8-4-5-10-29(23)36-18-26-19-38-31-28(26)14-25(24-9-6-7-22(13-24)16-32)15-30(31)37-20-27-17-33-21-34(27)2/h4-10,13-15,17,19,21H,3,11-12,16,18,20,32H2,1-2H3. The summed E-state index contributed by atoms with van der Waals surface area (Å²) in [5.74, 6) is 1.52. The van der Waals surface area contributed by atoms with Gasteiger partial charge < -0.3 is 28.9 Å². The van der Waals surface area contributed by atoms with Gasteiger partial charge >= 0.3 is 0 Å². The van der Waals surface area contributed by atoms with Crippen LogP contribution in [0.5, 0.6) is 11.5 Å². The van der Waals surface area contributed by atoms with Gasteiger partial charge in [-0.05, 0) is 59.9 Å². The van der Waals surface area contributed by atoms with Crippen LogP contribution in [0.15, 0.2) is 83.9 Å². The van der Waals surface area contributed by atoms with Crippen molar-refractivity contribution >= 4 is 11.0 Å². The molecular weight excluding hydrogens is 478 g/mol. The van der Waals surface area contributed by atoms with E-state index in [0.29, 0.717) is 44.3 Å². The minimum Gasteiger partial charge on any atom is -0.488 e. The summed E-state index contributed by atoms with van der Waals surface area (Å²) < 4.78 is 26.1. The molecule has 0 bridgehead atoms. The second-order valence-corrected chi connectivity index (χ2v) is 9.14. The topological polar surface area (TPSA) is 84.7 Å². The van der Waals surface area contributed by atoms with Gasteiger partial charge in [0, 0.05) is 31.1 Å². The lowest BCUT2D eigenvalue weighted by molar-refractivity contribution is 0.150. The Hall–Kier alpha value is -4.07. The molecule has 0 aliphatic rings. The predicted molar refractivity (Wildman–Crippen MR) is 148 cm³/mol. The van der Waals surface area contributed by atoms with Gasteiger partial charge in [-0.25, -0.2) is 4.98 Å². The summed E-state index contributed by atoms with van der Waals surface area (Å²) in [5, 5.41) is 0.951. The molecule has 0 fully saturated rings. The third-order valence-corrected chi connectivity index (χ3v) is 6.58. The van der Waals surface area contributed by atoms with E-state index in [1.165, 1.54) is 0 Å². The normalized spacial score (nSPS) is 11.2. The van der Waals surface area contributed by atoms with Crippen molar-refractivity contribution in [3.05, 3.63) is 102 Å². The molecular formula is C31H33N3O4. The SMILES string of the molecule is CCOCCc1ccccc1OCc1coc2c(OCc3cncn3C)cc(-c3cccc(CN)c3)cc12. The van der Waals surface area contributed by atoms with Crippen LogP contribution in [0.4, 0.5) is 0 Å². The van der Waals surface area contributed by atoms with Crippen LogP contribution in [0.1, 0.15) is 29.3 Å². The average molecular weight is 512 g/mol. The molecule has 7 nitrogen and oxygen atoms in total. The van der Waals surface area contributed by atoms with E-state index in [4.69, 9.17) is 24.4 Å². The Labute approximate surface area is 222 Å². The molecule has 196 valence electrons. The van der Waals surface area contributed by atoms with Crippen molar-refractivity contribution in [1.29, 1.82) is 0 Å². The smallest absolute Gasteiger partial charge is 0.176 e. The number of ether oxygens (including phenoxy) is 3. The Bertz CT molecular complexity index is 1500. The van der Waals surface area contributed by atoms with Crippen LogP contribution in [-0.2, 0) is 38.0 Å². The predicted octanol–water partition coefficient (Wildman–Crippen LogP) is 6.03. The summed E-state index contributed by atoms with van der Waals surface area (Å²) in [6.45, 7) is 4.58. The van der Waals surface area contributed by atoms with Gasteiger partial charge in [0.15, 0.2) is 11.3 Å². The summed E-state index contributed by atoms with van der Waals surface area (Å²) >= 11 is 0. The first kappa shape index (κ1) is 25.6. The second kappa shape index (κ2) is 12.0. The van der Waals surface area contributed by atoms with Crippen LogP contribution in [0, 0.1) is 0 Å². The van der Waals surface area contributed by atoms with E-state index in [0.717, 1.165) is 51.1 Å². The number of nitrogens with two attached hydrogens (primary N) is 1. The summed E-state index contributed by atoms with van der Waals surface area (Å²) in [6.07, 6.45) is 6.11. The van der Waals surface area contributed by atoms with E-state index >= 15 is 0 Å². The number of rotatable bonds is 12. The zero-order valence-corrected chi connectivity index (χ0v) is 21.9. The molecule has 2 heterocycles. The van der Waals surface area contributed by atoms with Crippen molar-refractivity contribution in [2.45, 2.75) is 33.1 Å². The van der Waals surface area contributed by atoms with Gasteiger partial charge in [0.2, 0.25) is 0 Å². The summed E-state index contributed by atoms with van der Waals surface area (Å²) in [5.41, 5.74) is 12.8. The fourth-order valence-electron chi connectivity index (χ4n) is 4.43. The van der Waals surface area contributed by atoms with Crippen LogP contribution >= 0.6 is 0 Å². The van der Waals surface area contributed by atoms with Crippen LogP contribution in [0.2, 0.25) is 0 Å². The van der Waals surface area contributed by atoms with Crippen molar-refractivity contribution in [3.63, 3.8) is 0 Å². The number of furan rings is 1. The molecule has 0 atom stereocenters. The van der Waals surface area contributed by atoms with Crippen molar-refractivity contribution in [2.75, 3.05) is 13.2 Å². The average Bonchev–Trinajstić information content (AvgIpc) is 3.56. The van der Waals surface area contributed by atoms with Crippen molar-refractivity contribution < 1.29 is 18.6 Å². The molecule has 2 N–H and O–H groups in total. The van der Waals surface area contributed by atoms with E-state index in [1.807, 2.05) is 54.9 Å². The Morgan fingerprint density at radius 2 is 1.79 bits per heavy atom. The molecule has 0 unspecified atom stereocenters. The van der Waals surface area contributed by atoms with Crippen LogP contribution in [0.25, 0.3) is 22.1 Å². The van der Waals surface area contributed by atoms with E-state index in [1.54, 1.807) is 18.8 Å². The highest BCUT2D eigenvalue weighted by Crippen LogP contribution is 2.37. The van der Waals surface area contributed by atoms with Gasteiger partial charge in [0.25, 0.3) is 0 Å². The highest BCUT2D eigenvalue weighted by Gasteiger charge is 2.16. The molecule has 7 heteroatoms. The maximum absolute atomic E-state index is 6.29. The number of fused-ring (bicyclic) bond motifs is 1. The Morgan fingerprint density at radius 3 is 2.61 bits per heavy atom. The zero-order chi connectivity index (χ0) is 26.3. The van der Waals surface area contributed by atoms with Gasteiger partial charge in [-0.1, -0.05) is 36.4 Å². The number of nitrogens with zero attached hydrogens (tertiary/aromatic N) is 2. The molecule has 0 saturated heterocycles. The maximum atomic E-state index is 6.29. The van der Waals surface area contributed by atoms with Crippen LogP contribution in [-0.4, -0.2) is 22.8 Å². The van der Waals surface area contributed by atoms with E-state index in [-0.39, 0.29) is 0 Å². The van der Waals surface area contributed by atoms with E-state index in [2.05, 4.69) is 29.2 Å². The lowest BCUT2D eigenvalue weighted by Crippen LogP contribution is -2.02. The first-order chi connectivity index (χ1) is 18.7. The van der Waals surface area contributed by atoms with Crippen molar-refractivity contribution in [3.8, 4) is 22.6 Å². The number of benzene rings is 3. The molecule has 0 amide bonds. The number of aryl methyl sites for hydroxylation is 1. The van der Waals surface area contributed by atoms with E-state index in [9.17, 15) is 0 Å². The fourth-order valence-corrected chi connectivity index (χ4v) is 4.43. The molecule has 0 radical (unpaired) electrons. The van der Waals surface area contributed by atoms with Gasteiger partial charge in [0.1, 0.15) is 19.0 Å². The highest BCUT2D eigenvalue weighted by molar-refractivity contribution is 5.91. The maximum Gasteiger partial charge on any atom is 0.176 e. The summed E-state index contributed by atoms with van der Waals surface area (Å²) in [7, 11) is 1.95. The summed E-state index contributed by atoms with van der Waals surface area (Å²) in [4.78, 5) is 4.19. The van der Waals surface area contributed by atoms with Crippen molar-refractivity contribution in [2.24, 2.45) is 12.8 Å². The van der Waals surface area contributed by atoms with Crippen LogP contribution in [0.3, 0.4) is 0 Å². The number of para-hydroxylation sites is 1. The Morgan fingerprint density at radius 1 is 0.921 bits per heavy atom. The third-order valence-electron chi connectivity index (χ3n) is 6.58. The molecule has 0 aliphatic heterocycles. The Balaban J connectivity index is 1.47. The van der Waals surface area contributed by atoms with Gasteiger partial charge in [-0.2, -0.15) is 0 Å². The van der Waals surface area contributed by atoms with E-state index < -0.39 is 0 Å². The fraction of sp³-hybridized carbons (Fsp3) is 0.258. The Kier molecular flexibility index (Phi) is 8.06. The number of hydrogen-bond acceptors (Lipinski definition) is 6. The molecule has 38 heavy (non-hydrogen) atoms. The largest absolute Gasteiger partial charge is 0.488 e. The minimum absolute atomic E-state index is 0.367. The quantitative estimate of drug-likeness (QED) is 0.206. The minimum atomic E-state index is 0.367. The number of hydrogen-bond donors (Lipinski definition) is 1. The molecule has 5 aromatic rings. The first-order valence-corrected chi connectivity index (χ1v) is 12.9. The zero-order valence-electron chi connectivity index (χ0n) is 21.9. The van der Waals surface area contributed by atoms with Gasteiger partial charge in [-0.3, -0.25) is 0 Å². The lowest BCUT2D eigenvalue weighted by atomic mass is 10.00. The number of aromatic nitrogens is 2. The molecule has 0 spiro atoms. The third kappa shape index (κ3) is 5.74. The highest BCUT2D eigenvalue weighted by atomic mass is 16.5. The molecule has 0 aliphatic carbocycles. The molecule has 5 rings (SSSR count). The second-order valence-electron chi connectivity index (χ2n) is 9.14. The lowest BCUT2D eigenvalue weighted by Gasteiger charge is -2.12. The van der Waals surface area contributed by atoms with Gasteiger partial charge in [0.05, 0.1) is 31.1 Å². The molecule has 0 saturated carbocycles. The van der Waals surface area contributed by atoms with Crippen LogP contribution < -0.4 is 15.2 Å². The number of imidazole rings is 1.